The maximum Gasteiger partial charge on any atom is 0.225 e. The SMILES string of the molecule is CCCn1cc2c(C3C(=O)Cc4ccc(Br)cc43)nc(NCC3CCCC3)nc2n1. The van der Waals surface area contributed by atoms with Gasteiger partial charge in [0.15, 0.2) is 11.4 Å². The van der Waals surface area contributed by atoms with E-state index in [1.807, 2.05) is 23.0 Å². The molecule has 1 N–H and O–H groups in total. The van der Waals surface area contributed by atoms with E-state index < -0.39 is 0 Å². The third-order valence-electron chi connectivity index (χ3n) is 6.31. The first kappa shape index (κ1) is 19.7. The number of hydrogen-bond acceptors (Lipinski definition) is 5. The van der Waals surface area contributed by atoms with Crippen LogP contribution in [-0.4, -0.2) is 32.1 Å². The molecule has 3 aromatic rings. The average Bonchev–Trinajstić information content (AvgIpc) is 3.44. The van der Waals surface area contributed by atoms with E-state index in [0.29, 0.717) is 23.9 Å². The molecular formula is C23H26BrN5O. The third kappa shape index (κ3) is 3.64. The van der Waals surface area contributed by atoms with Gasteiger partial charge in [-0.1, -0.05) is 41.8 Å². The van der Waals surface area contributed by atoms with Crippen molar-refractivity contribution in [3.05, 3.63) is 45.7 Å². The molecule has 0 radical (unpaired) electrons. The van der Waals surface area contributed by atoms with Crippen molar-refractivity contribution in [2.75, 3.05) is 11.9 Å². The van der Waals surface area contributed by atoms with Crippen LogP contribution in [-0.2, 0) is 17.8 Å². The molecule has 6 nitrogen and oxygen atoms in total. The largest absolute Gasteiger partial charge is 0.354 e. The maximum atomic E-state index is 13.1. The van der Waals surface area contributed by atoms with Crippen LogP contribution in [0.25, 0.3) is 11.0 Å². The maximum absolute atomic E-state index is 13.1. The van der Waals surface area contributed by atoms with E-state index in [2.05, 4.69) is 39.3 Å². The zero-order valence-corrected chi connectivity index (χ0v) is 18.8. The molecule has 1 unspecified atom stereocenters. The molecule has 0 bridgehead atoms. The van der Waals surface area contributed by atoms with Crippen molar-refractivity contribution in [2.45, 2.75) is 57.9 Å². The fraction of sp³-hybridized carbons (Fsp3) is 0.478. The summed E-state index contributed by atoms with van der Waals surface area (Å²) in [5.41, 5.74) is 3.57. The van der Waals surface area contributed by atoms with E-state index in [9.17, 15) is 4.79 Å². The van der Waals surface area contributed by atoms with Crippen LogP contribution in [0.1, 0.15) is 61.8 Å². The molecule has 2 heterocycles. The Kier molecular flexibility index (Phi) is 5.31. The van der Waals surface area contributed by atoms with Gasteiger partial charge in [0.05, 0.1) is 17.0 Å². The summed E-state index contributed by atoms with van der Waals surface area (Å²) in [7, 11) is 0. The van der Waals surface area contributed by atoms with E-state index in [-0.39, 0.29) is 11.7 Å². The van der Waals surface area contributed by atoms with E-state index in [1.54, 1.807) is 0 Å². The zero-order chi connectivity index (χ0) is 20.7. The van der Waals surface area contributed by atoms with Crippen molar-refractivity contribution in [1.82, 2.24) is 19.7 Å². The van der Waals surface area contributed by atoms with Crippen LogP contribution < -0.4 is 5.32 Å². The molecule has 1 aromatic carbocycles. The van der Waals surface area contributed by atoms with Gasteiger partial charge >= 0.3 is 0 Å². The number of hydrogen-bond donors (Lipinski definition) is 1. The number of halogens is 1. The molecule has 1 saturated carbocycles. The van der Waals surface area contributed by atoms with Gasteiger partial charge in [-0.25, -0.2) is 4.98 Å². The first-order valence-electron chi connectivity index (χ1n) is 10.9. The van der Waals surface area contributed by atoms with Crippen LogP contribution >= 0.6 is 15.9 Å². The van der Waals surface area contributed by atoms with Gasteiger partial charge in [-0.3, -0.25) is 9.48 Å². The number of fused-ring (bicyclic) bond motifs is 2. The second-order valence-corrected chi connectivity index (χ2v) is 9.43. The lowest BCUT2D eigenvalue weighted by molar-refractivity contribution is -0.118. The fourth-order valence-corrected chi connectivity index (χ4v) is 5.20. The van der Waals surface area contributed by atoms with Crippen LogP contribution in [0.4, 0.5) is 5.95 Å². The van der Waals surface area contributed by atoms with Crippen molar-refractivity contribution >= 4 is 38.7 Å². The van der Waals surface area contributed by atoms with Gasteiger partial charge in [0.2, 0.25) is 5.95 Å². The molecule has 0 aliphatic heterocycles. The number of aryl methyl sites for hydroxylation is 1. The summed E-state index contributed by atoms with van der Waals surface area (Å²) in [5, 5.41) is 9.00. The number of carbonyl (C=O) groups excluding carboxylic acids is 1. The summed E-state index contributed by atoms with van der Waals surface area (Å²) in [6.07, 6.45) is 8.57. The second kappa shape index (κ2) is 8.10. The molecule has 2 aromatic heterocycles. The Bertz CT molecular complexity index is 1100. The van der Waals surface area contributed by atoms with Crippen LogP contribution in [0.15, 0.2) is 28.9 Å². The lowest BCUT2D eigenvalue weighted by atomic mass is 9.95. The second-order valence-electron chi connectivity index (χ2n) is 8.51. The van der Waals surface area contributed by atoms with Crippen molar-refractivity contribution in [3.63, 3.8) is 0 Å². The minimum absolute atomic E-state index is 0.188. The summed E-state index contributed by atoms with van der Waals surface area (Å²) in [4.78, 5) is 22.7. The Morgan fingerprint density at radius 1 is 1.23 bits per heavy atom. The van der Waals surface area contributed by atoms with Gasteiger partial charge < -0.3 is 5.32 Å². The van der Waals surface area contributed by atoms with Crippen molar-refractivity contribution in [2.24, 2.45) is 5.92 Å². The Balaban J connectivity index is 1.58. The zero-order valence-electron chi connectivity index (χ0n) is 17.2. The highest BCUT2D eigenvalue weighted by molar-refractivity contribution is 9.10. The van der Waals surface area contributed by atoms with Gasteiger partial charge in [0.1, 0.15) is 0 Å². The monoisotopic (exact) mass is 467 g/mol. The first-order chi connectivity index (χ1) is 14.6. The molecular weight excluding hydrogens is 442 g/mol. The van der Waals surface area contributed by atoms with Gasteiger partial charge in [-0.2, -0.15) is 10.1 Å². The fourth-order valence-electron chi connectivity index (χ4n) is 4.83. The number of anilines is 1. The predicted molar refractivity (Wildman–Crippen MR) is 121 cm³/mol. The molecule has 7 heteroatoms. The molecule has 2 aliphatic carbocycles. The van der Waals surface area contributed by atoms with Crippen LogP contribution in [0.2, 0.25) is 0 Å². The summed E-state index contributed by atoms with van der Waals surface area (Å²) >= 11 is 3.56. The van der Waals surface area contributed by atoms with Crippen molar-refractivity contribution < 1.29 is 4.79 Å². The van der Waals surface area contributed by atoms with Gasteiger partial charge in [-0.05, 0) is 48.4 Å². The number of benzene rings is 1. The topological polar surface area (TPSA) is 72.7 Å². The van der Waals surface area contributed by atoms with E-state index in [4.69, 9.17) is 9.97 Å². The lowest BCUT2D eigenvalue weighted by Crippen LogP contribution is -2.16. The standard InChI is InChI=1S/C23H26BrN5O/c1-2-9-29-13-18-21(20-17-11-16(24)8-7-15(17)10-19(20)30)26-23(27-22(18)28-29)25-12-14-5-3-4-6-14/h7-8,11,13-14,20H,2-6,9-10,12H2,1H3,(H,25,27,28). The van der Waals surface area contributed by atoms with Crippen molar-refractivity contribution in [1.29, 1.82) is 0 Å². The van der Waals surface area contributed by atoms with Crippen LogP contribution in [0.5, 0.6) is 0 Å². The van der Waals surface area contributed by atoms with Crippen LogP contribution in [0.3, 0.4) is 0 Å². The molecule has 2 aliphatic rings. The normalized spacial score (nSPS) is 19.0. The molecule has 0 saturated heterocycles. The summed E-state index contributed by atoms with van der Waals surface area (Å²) in [6, 6.07) is 6.09. The Hall–Kier alpha value is -2.28. The molecule has 1 fully saturated rings. The molecule has 30 heavy (non-hydrogen) atoms. The summed E-state index contributed by atoms with van der Waals surface area (Å²) in [5.74, 6) is 1.08. The van der Waals surface area contributed by atoms with E-state index >= 15 is 0 Å². The molecule has 1 atom stereocenters. The number of nitrogens with zero attached hydrogens (tertiary/aromatic N) is 4. The summed E-state index contributed by atoms with van der Waals surface area (Å²) < 4.78 is 2.90. The van der Waals surface area contributed by atoms with Crippen molar-refractivity contribution in [3.8, 4) is 0 Å². The highest BCUT2D eigenvalue weighted by atomic mass is 79.9. The highest BCUT2D eigenvalue weighted by Gasteiger charge is 2.35. The molecule has 0 spiro atoms. The molecule has 156 valence electrons. The number of aromatic nitrogens is 4. The van der Waals surface area contributed by atoms with E-state index in [1.165, 1.54) is 25.7 Å². The number of nitrogens with one attached hydrogen (secondary N) is 1. The van der Waals surface area contributed by atoms with E-state index in [0.717, 1.165) is 46.2 Å². The highest BCUT2D eigenvalue weighted by Crippen LogP contribution is 2.39. The smallest absolute Gasteiger partial charge is 0.225 e. The third-order valence-corrected chi connectivity index (χ3v) is 6.80. The summed E-state index contributed by atoms with van der Waals surface area (Å²) in [6.45, 7) is 3.82. The Morgan fingerprint density at radius 3 is 2.87 bits per heavy atom. The predicted octanol–water partition coefficient (Wildman–Crippen LogP) is 4.86. The van der Waals surface area contributed by atoms with Gasteiger partial charge in [0.25, 0.3) is 0 Å². The number of carbonyl (C=O) groups is 1. The lowest BCUT2D eigenvalue weighted by Gasteiger charge is -2.15. The Labute approximate surface area is 184 Å². The quantitative estimate of drug-likeness (QED) is 0.560. The minimum atomic E-state index is -0.366. The van der Waals surface area contributed by atoms with Gasteiger partial charge in [-0.15, -0.1) is 0 Å². The number of ketones is 1. The van der Waals surface area contributed by atoms with Gasteiger partial charge in [0, 0.05) is 30.2 Å². The molecule has 5 rings (SSSR count). The number of rotatable bonds is 6. The first-order valence-corrected chi connectivity index (χ1v) is 11.7. The average molecular weight is 468 g/mol. The molecule has 0 amide bonds. The minimum Gasteiger partial charge on any atom is -0.354 e. The van der Waals surface area contributed by atoms with Crippen LogP contribution in [0, 0.1) is 5.92 Å². The number of Topliss-reactive ketones (excluding diaryl/α,β-unsaturated/α-hetero) is 1. The Morgan fingerprint density at radius 2 is 2.07 bits per heavy atom.